The zero-order chi connectivity index (χ0) is 15.4. The molecule has 116 valence electrons. The van der Waals surface area contributed by atoms with Crippen molar-refractivity contribution in [1.29, 1.82) is 0 Å². The van der Waals surface area contributed by atoms with Crippen LogP contribution in [0.1, 0.15) is 35.7 Å². The van der Waals surface area contributed by atoms with E-state index in [1.807, 2.05) is 0 Å². The molecule has 4 nitrogen and oxygen atoms in total. The molecule has 1 amide bonds. The number of likely N-dealkylation sites (tertiary alicyclic amines) is 1. The fourth-order valence-electron chi connectivity index (χ4n) is 2.67. The van der Waals surface area contributed by atoms with Crippen LogP contribution in [-0.2, 0) is 0 Å². The number of benzene rings is 1. The molecule has 0 spiro atoms. The van der Waals surface area contributed by atoms with E-state index in [0.29, 0.717) is 23.7 Å². The Morgan fingerprint density at radius 1 is 1.43 bits per heavy atom. The minimum atomic E-state index is -0.440. The van der Waals surface area contributed by atoms with Crippen molar-refractivity contribution in [3.63, 3.8) is 0 Å². The number of hydrogen-bond acceptors (Lipinski definition) is 3. The molecule has 21 heavy (non-hydrogen) atoms. The molecule has 1 saturated heterocycles. The first-order valence-corrected chi connectivity index (χ1v) is 7.53. The second-order valence-corrected chi connectivity index (χ2v) is 6.00. The summed E-state index contributed by atoms with van der Waals surface area (Å²) in [6, 6.07) is 2.77. The Kier molecular flexibility index (Phi) is 5.17. The van der Waals surface area contributed by atoms with Crippen molar-refractivity contribution in [3.8, 4) is 0 Å². The van der Waals surface area contributed by atoms with Crippen LogP contribution in [0.15, 0.2) is 12.1 Å². The van der Waals surface area contributed by atoms with Crippen LogP contribution in [0.4, 0.5) is 10.1 Å². The molecule has 0 bridgehead atoms. The number of rotatable bonds is 5. The smallest absolute Gasteiger partial charge is 0.251 e. The molecule has 0 aliphatic carbocycles. The maximum Gasteiger partial charge on any atom is 0.251 e. The molecule has 1 aliphatic rings. The fraction of sp³-hybridized carbons (Fsp3) is 0.562. The van der Waals surface area contributed by atoms with Gasteiger partial charge in [-0.3, -0.25) is 4.79 Å². The molecule has 2 rings (SSSR count). The summed E-state index contributed by atoms with van der Waals surface area (Å²) < 4.78 is 13.6. The van der Waals surface area contributed by atoms with Gasteiger partial charge in [0.1, 0.15) is 5.82 Å². The topological polar surface area (TPSA) is 58.4 Å². The van der Waals surface area contributed by atoms with Gasteiger partial charge in [0.25, 0.3) is 5.91 Å². The number of nitrogen functional groups attached to an aromatic ring is 1. The fourth-order valence-corrected chi connectivity index (χ4v) is 2.67. The molecule has 1 aromatic carbocycles. The van der Waals surface area contributed by atoms with Crippen LogP contribution in [0.2, 0.25) is 0 Å². The van der Waals surface area contributed by atoms with Gasteiger partial charge in [0.15, 0.2) is 0 Å². The van der Waals surface area contributed by atoms with E-state index in [1.165, 1.54) is 25.0 Å². The van der Waals surface area contributed by atoms with Crippen molar-refractivity contribution >= 4 is 11.6 Å². The number of nitrogens with one attached hydrogen (secondary N) is 1. The molecule has 1 aromatic rings. The molecule has 0 radical (unpaired) electrons. The summed E-state index contributed by atoms with van der Waals surface area (Å²) >= 11 is 0. The molecule has 0 aromatic heterocycles. The highest BCUT2D eigenvalue weighted by atomic mass is 19.1. The summed E-state index contributed by atoms with van der Waals surface area (Å²) in [5.41, 5.74) is 6.67. The second kappa shape index (κ2) is 6.89. The summed E-state index contributed by atoms with van der Waals surface area (Å²) in [4.78, 5) is 14.5. The van der Waals surface area contributed by atoms with Gasteiger partial charge >= 0.3 is 0 Å². The van der Waals surface area contributed by atoms with Gasteiger partial charge in [-0.15, -0.1) is 0 Å². The molecule has 0 saturated carbocycles. The monoisotopic (exact) mass is 293 g/mol. The van der Waals surface area contributed by atoms with Crippen molar-refractivity contribution in [3.05, 3.63) is 29.1 Å². The van der Waals surface area contributed by atoms with Gasteiger partial charge in [0, 0.05) is 29.9 Å². The van der Waals surface area contributed by atoms with Gasteiger partial charge in [0.05, 0.1) is 0 Å². The lowest BCUT2D eigenvalue weighted by atomic mass is 10.1. The number of carbonyl (C=O) groups excluding carboxylic acids is 1. The van der Waals surface area contributed by atoms with Crippen LogP contribution in [0, 0.1) is 18.7 Å². The number of nitrogens with zero attached hydrogens (tertiary/aromatic N) is 1. The second-order valence-electron chi connectivity index (χ2n) is 6.00. The van der Waals surface area contributed by atoms with E-state index < -0.39 is 5.82 Å². The maximum atomic E-state index is 13.6. The van der Waals surface area contributed by atoms with Gasteiger partial charge in [-0.1, -0.05) is 6.92 Å². The van der Waals surface area contributed by atoms with Gasteiger partial charge < -0.3 is 16.0 Å². The quantitative estimate of drug-likeness (QED) is 0.818. The molecule has 1 heterocycles. The molecule has 1 aliphatic heterocycles. The molecule has 5 heteroatoms. The Morgan fingerprint density at radius 2 is 2.10 bits per heavy atom. The molecular weight excluding hydrogens is 269 g/mol. The lowest BCUT2D eigenvalue weighted by Gasteiger charge is -2.20. The van der Waals surface area contributed by atoms with E-state index in [-0.39, 0.29) is 11.5 Å². The third kappa shape index (κ3) is 4.17. The van der Waals surface area contributed by atoms with E-state index in [9.17, 15) is 9.18 Å². The van der Waals surface area contributed by atoms with Crippen LogP contribution in [0.3, 0.4) is 0 Å². The molecule has 3 N–H and O–H groups in total. The van der Waals surface area contributed by atoms with Crippen molar-refractivity contribution < 1.29 is 9.18 Å². The number of nitrogens with two attached hydrogens (primary N) is 1. The Bertz CT molecular complexity index is 489. The molecule has 1 atom stereocenters. The molecule has 1 fully saturated rings. The largest absolute Gasteiger partial charge is 0.398 e. The average Bonchev–Trinajstić information content (AvgIpc) is 2.94. The highest BCUT2D eigenvalue weighted by molar-refractivity contribution is 5.95. The highest BCUT2D eigenvalue weighted by Gasteiger charge is 2.16. The summed E-state index contributed by atoms with van der Waals surface area (Å²) in [5, 5.41) is 2.86. The molecular formula is C16H24FN3O. The lowest BCUT2D eigenvalue weighted by molar-refractivity contribution is 0.0944. The Morgan fingerprint density at radius 3 is 2.71 bits per heavy atom. The Hall–Kier alpha value is -1.62. The third-order valence-electron chi connectivity index (χ3n) is 4.03. The van der Waals surface area contributed by atoms with Crippen LogP contribution >= 0.6 is 0 Å². The first-order valence-electron chi connectivity index (χ1n) is 7.53. The van der Waals surface area contributed by atoms with Crippen LogP contribution in [-0.4, -0.2) is 37.0 Å². The SMILES string of the molecule is Cc1c(N)cc(C(=O)NCC(C)CN2CCCC2)cc1F. The highest BCUT2D eigenvalue weighted by Crippen LogP contribution is 2.17. The minimum absolute atomic E-state index is 0.270. The number of halogens is 1. The van der Waals surface area contributed by atoms with E-state index in [4.69, 9.17) is 5.73 Å². The van der Waals surface area contributed by atoms with Gasteiger partial charge in [0.2, 0.25) is 0 Å². The Balaban J connectivity index is 1.86. The van der Waals surface area contributed by atoms with E-state index in [1.54, 1.807) is 6.92 Å². The van der Waals surface area contributed by atoms with Crippen molar-refractivity contribution in [1.82, 2.24) is 10.2 Å². The zero-order valence-corrected chi connectivity index (χ0v) is 12.8. The normalized spacial score (nSPS) is 16.9. The van der Waals surface area contributed by atoms with Crippen molar-refractivity contribution in [2.45, 2.75) is 26.7 Å². The average molecular weight is 293 g/mol. The van der Waals surface area contributed by atoms with Crippen LogP contribution in [0.25, 0.3) is 0 Å². The summed E-state index contributed by atoms with van der Waals surface area (Å²) in [6.45, 7) is 7.60. The first-order chi connectivity index (χ1) is 9.97. The van der Waals surface area contributed by atoms with E-state index in [0.717, 1.165) is 19.6 Å². The standard InChI is InChI=1S/C16H24FN3O/c1-11(10-20-5-3-4-6-20)9-19-16(21)13-7-14(17)12(2)15(18)8-13/h7-8,11H,3-6,9-10,18H2,1-2H3,(H,19,21). The number of anilines is 1. The summed E-state index contributed by atoms with van der Waals surface area (Å²) in [5.74, 6) is -0.334. The van der Waals surface area contributed by atoms with Crippen LogP contribution < -0.4 is 11.1 Å². The summed E-state index contributed by atoms with van der Waals surface area (Å²) in [6.07, 6.45) is 2.53. The number of amides is 1. The Labute approximate surface area is 125 Å². The predicted octanol–water partition coefficient (Wildman–Crippen LogP) is 2.18. The first kappa shape index (κ1) is 15.8. The lowest BCUT2D eigenvalue weighted by Crippen LogP contribution is -2.34. The number of hydrogen-bond donors (Lipinski definition) is 2. The van der Waals surface area contributed by atoms with Gasteiger partial charge in [-0.2, -0.15) is 0 Å². The van der Waals surface area contributed by atoms with Crippen LogP contribution in [0.5, 0.6) is 0 Å². The van der Waals surface area contributed by atoms with E-state index >= 15 is 0 Å². The number of carbonyl (C=O) groups is 1. The van der Waals surface area contributed by atoms with Gasteiger partial charge in [-0.05, 0) is 50.9 Å². The van der Waals surface area contributed by atoms with E-state index in [2.05, 4.69) is 17.1 Å². The van der Waals surface area contributed by atoms with Crippen molar-refractivity contribution in [2.75, 3.05) is 31.9 Å². The predicted molar refractivity (Wildman–Crippen MR) is 82.7 cm³/mol. The van der Waals surface area contributed by atoms with Gasteiger partial charge in [-0.25, -0.2) is 4.39 Å². The minimum Gasteiger partial charge on any atom is -0.398 e. The third-order valence-corrected chi connectivity index (χ3v) is 4.03. The van der Waals surface area contributed by atoms with Crippen molar-refractivity contribution in [2.24, 2.45) is 5.92 Å². The maximum absolute atomic E-state index is 13.6. The summed E-state index contributed by atoms with van der Waals surface area (Å²) in [7, 11) is 0. The molecule has 1 unspecified atom stereocenters. The zero-order valence-electron chi connectivity index (χ0n) is 12.8.